The number of nitrogens with zero attached hydrogens (tertiary/aromatic N) is 1. The molecule has 1 saturated heterocycles. The Kier molecular flexibility index (Phi) is 5.09. The zero-order valence-corrected chi connectivity index (χ0v) is 14.3. The second-order valence-electron chi connectivity index (χ2n) is 8.58. The van der Waals surface area contributed by atoms with E-state index in [-0.39, 0.29) is 11.1 Å². The molecule has 114 valence electrons. The molecule has 0 aromatic rings. The van der Waals surface area contributed by atoms with Crippen LogP contribution in [0.15, 0.2) is 0 Å². The Labute approximate surface area is 120 Å². The van der Waals surface area contributed by atoms with Crippen molar-refractivity contribution >= 4 is 0 Å². The summed E-state index contributed by atoms with van der Waals surface area (Å²) in [6, 6.07) is 0.573. The van der Waals surface area contributed by atoms with Gasteiger partial charge in [0.05, 0.1) is 12.2 Å². The Bertz CT molecular complexity index is 286. The van der Waals surface area contributed by atoms with Crippen molar-refractivity contribution in [1.82, 2.24) is 10.2 Å². The molecule has 1 rings (SSSR count). The SMILES string of the molecule is CC1(C)CN(CCOC(C)(C)C)C(C(C)(C)C)CN1. The molecule has 0 radical (unpaired) electrons. The van der Waals surface area contributed by atoms with Gasteiger partial charge in [-0.1, -0.05) is 20.8 Å². The first-order chi connectivity index (χ1) is 8.41. The van der Waals surface area contributed by atoms with E-state index in [2.05, 4.69) is 65.6 Å². The van der Waals surface area contributed by atoms with Crippen LogP contribution in [0.25, 0.3) is 0 Å². The van der Waals surface area contributed by atoms with E-state index in [9.17, 15) is 0 Å². The van der Waals surface area contributed by atoms with Gasteiger partial charge in [0.15, 0.2) is 0 Å². The highest BCUT2D eigenvalue weighted by atomic mass is 16.5. The Balaban J connectivity index is 2.62. The van der Waals surface area contributed by atoms with Crippen molar-refractivity contribution in [2.75, 3.05) is 26.2 Å². The topological polar surface area (TPSA) is 24.5 Å². The zero-order chi connectivity index (χ0) is 14.9. The zero-order valence-electron chi connectivity index (χ0n) is 14.3. The van der Waals surface area contributed by atoms with Gasteiger partial charge in [-0.2, -0.15) is 0 Å². The first-order valence-electron chi connectivity index (χ1n) is 7.54. The molecule has 0 spiro atoms. The number of nitrogens with one attached hydrogen (secondary N) is 1. The minimum atomic E-state index is -0.0409. The molecule has 0 aliphatic carbocycles. The second-order valence-corrected chi connectivity index (χ2v) is 8.58. The highest BCUT2D eigenvalue weighted by Gasteiger charge is 2.38. The molecule has 1 fully saturated rings. The molecule has 1 N–H and O–H groups in total. The van der Waals surface area contributed by atoms with E-state index in [1.165, 1.54) is 0 Å². The standard InChI is InChI=1S/C16H34N2O/c1-14(2,3)13-11-17-16(7,8)12-18(13)9-10-19-15(4,5)6/h13,17H,9-12H2,1-8H3. The number of hydrogen-bond donors (Lipinski definition) is 1. The predicted octanol–water partition coefficient (Wildman–Crippen LogP) is 2.90. The van der Waals surface area contributed by atoms with E-state index < -0.39 is 0 Å². The Morgan fingerprint density at radius 3 is 2.21 bits per heavy atom. The minimum absolute atomic E-state index is 0.0409. The third kappa shape index (κ3) is 5.80. The van der Waals surface area contributed by atoms with Crippen LogP contribution >= 0.6 is 0 Å². The number of piperazine rings is 1. The number of hydrogen-bond acceptors (Lipinski definition) is 3. The molecule has 3 heteroatoms. The third-order valence-electron chi connectivity index (χ3n) is 3.73. The smallest absolute Gasteiger partial charge is 0.0600 e. The summed E-state index contributed by atoms with van der Waals surface area (Å²) in [6.07, 6.45) is 0. The average molecular weight is 270 g/mol. The summed E-state index contributed by atoms with van der Waals surface area (Å²) >= 11 is 0. The molecule has 0 aromatic heterocycles. The van der Waals surface area contributed by atoms with Gasteiger partial charge in [-0.05, 0) is 40.0 Å². The largest absolute Gasteiger partial charge is 0.375 e. The van der Waals surface area contributed by atoms with E-state index in [4.69, 9.17) is 4.74 Å². The fourth-order valence-electron chi connectivity index (χ4n) is 2.73. The Morgan fingerprint density at radius 2 is 1.74 bits per heavy atom. The van der Waals surface area contributed by atoms with Gasteiger partial charge in [-0.25, -0.2) is 0 Å². The predicted molar refractivity (Wildman–Crippen MR) is 82.6 cm³/mol. The van der Waals surface area contributed by atoms with Gasteiger partial charge < -0.3 is 10.1 Å². The maximum absolute atomic E-state index is 5.90. The van der Waals surface area contributed by atoms with Crippen LogP contribution in [-0.4, -0.2) is 48.3 Å². The normalized spacial score (nSPS) is 25.6. The molecule has 1 unspecified atom stereocenters. The summed E-state index contributed by atoms with van der Waals surface area (Å²) in [4.78, 5) is 2.60. The van der Waals surface area contributed by atoms with Crippen LogP contribution in [0.4, 0.5) is 0 Å². The van der Waals surface area contributed by atoms with Crippen LogP contribution in [0.2, 0.25) is 0 Å². The molecule has 1 heterocycles. The van der Waals surface area contributed by atoms with E-state index in [0.717, 1.165) is 26.2 Å². The van der Waals surface area contributed by atoms with Crippen LogP contribution in [0, 0.1) is 5.41 Å². The van der Waals surface area contributed by atoms with Crippen LogP contribution in [0.1, 0.15) is 55.4 Å². The fourth-order valence-corrected chi connectivity index (χ4v) is 2.73. The molecule has 0 aromatic carbocycles. The second kappa shape index (κ2) is 5.71. The summed E-state index contributed by atoms with van der Waals surface area (Å²) in [7, 11) is 0. The van der Waals surface area contributed by atoms with Gasteiger partial charge in [-0.3, -0.25) is 4.90 Å². The summed E-state index contributed by atoms with van der Waals surface area (Å²) < 4.78 is 5.90. The van der Waals surface area contributed by atoms with Gasteiger partial charge in [-0.15, -0.1) is 0 Å². The molecule has 1 aliphatic heterocycles. The van der Waals surface area contributed by atoms with Gasteiger partial charge in [0.1, 0.15) is 0 Å². The lowest BCUT2D eigenvalue weighted by Crippen LogP contribution is -2.65. The monoisotopic (exact) mass is 270 g/mol. The summed E-state index contributed by atoms with van der Waals surface area (Å²) in [6.45, 7) is 21.9. The van der Waals surface area contributed by atoms with Gasteiger partial charge in [0.25, 0.3) is 0 Å². The van der Waals surface area contributed by atoms with Crippen molar-refractivity contribution in [3.8, 4) is 0 Å². The van der Waals surface area contributed by atoms with Crippen molar-refractivity contribution < 1.29 is 4.74 Å². The molecule has 3 nitrogen and oxygen atoms in total. The lowest BCUT2D eigenvalue weighted by molar-refractivity contribution is -0.0380. The number of rotatable bonds is 3. The van der Waals surface area contributed by atoms with Crippen molar-refractivity contribution in [3.63, 3.8) is 0 Å². The van der Waals surface area contributed by atoms with Crippen LogP contribution in [0.5, 0.6) is 0 Å². The molecule has 0 saturated carbocycles. The lowest BCUT2D eigenvalue weighted by atomic mass is 9.82. The van der Waals surface area contributed by atoms with Gasteiger partial charge in [0.2, 0.25) is 0 Å². The Hall–Kier alpha value is -0.120. The summed E-state index contributed by atoms with van der Waals surface area (Å²) in [5.74, 6) is 0. The first kappa shape index (κ1) is 16.9. The third-order valence-corrected chi connectivity index (χ3v) is 3.73. The van der Waals surface area contributed by atoms with E-state index >= 15 is 0 Å². The van der Waals surface area contributed by atoms with Crippen molar-refractivity contribution in [3.05, 3.63) is 0 Å². The van der Waals surface area contributed by atoms with Crippen molar-refractivity contribution in [2.45, 2.75) is 72.6 Å². The van der Waals surface area contributed by atoms with E-state index in [1.54, 1.807) is 0 Å². The highest BCUT2D eigenvalue weighted by molar-refractivity contribution is 4.96. The molecule has 1 aliphatic rings. The van der Waals surface area contributed by atoms with Crippen molar-refractivity contribution in [2.24, 2.45) is 5.41 Å². The van der Waals surface area contributed by atoms with Crippen molar-refractivity contribution in [1.29, 1.82) is 0 Å². The fraction of sp³-hybridized carbons (Fsp3) is 1.00. The maximum Gasteiger partial charge on any atom is 0.0600 e. The van der Waals surface area contributed by atoms with Gasteiger partial charge in [0, 0.05) is 31.2 Å². The Morgan fingerprint density at radius 1 is 1.16 bits per heavy atom. The van der Waals surface area contributed by atoms with Crippen LogP contribution in [0.3, 0.4) is 0 Å². The van der Waals surface area contributed by atoms with Crippen LogP contribution in [-0.2, 0) is 4.74 Å². The maximum atomic E-state index is 5.90. The van der Waals surface area contributed by atoms with E-state index in [0.29, 0.717) is 11.5 Å². The summed E-state index contributed by atoms with van der Waals surface area (Å²) in [5, 5.41) is 3.67. The molecule has 0 bridgehead atoms. The first-order valence-corrected chi connectivity index (χ1v) is 7.54. The molecule has 1 atom stereocenters. The van der Waals surface area contributed by atoms with E-state index in [1.807, 2.05) is 0 Å². The number of ether oxygens (including phenoxy) is 1. The molecular weight excluding hydrogens is 236 g/mol. The minimum Gasteiger partial charge on any atom is -0.375 e. The van der Waals surface area contributed by atoms with Crippen LogP contribution < -0.4 is 5.32 Å². The molecular formula is C16H34N2O. The highest BCUT2D eigenvalue weighted by Crippen LogP contribution is 2.28. The average Bonchev–Trinajstić information content (AvgIpc) is 2.11. The lowest BCUT2D eigenvalue weighted by Gasteiger charge is -2.49. The molecule has 19 heavy (non-hydrogen) atoms. The quantitative estimate of drug-likeness (QED) is 0.853. The molecule has 0 amide bonds. The van der Waals surface area contributed by atoms with Gasteiger partial charge >= 0.3 is 0 Å². The summed E-state index contributed by atoms with van der Waals surface area (Å²) in [5.41, 5.74) is 0.454.